The van der Waals surface area contributed by atoms with Crippen molar-refractivity contribution in [1.82, 2.24) is 5.16 Å². The average Bonchev–Trinajstić information content (AvgIpc) is 3.08. The maximum atomic E-state index is 14.1. The highest BCUT2D eigenvalue weighted by molar-refractivity contribution is 7.98. The monoisotopic (exact) mass is 399 g/mol. The van der Waals surface area contributed by atoms with Crippen LogP contribution in [0.15, 0.2) is 57.9 Å². The molecule has 0 spiro atoms. The Bertz CT molecular complexity index is 1020. The zero-order valence-electron chi connectivity index (χ0n) is 15.3. The quantitative estimate of drug-likeness (QED) is 0.591. The summed E-state index contributed by atoms with van der Waals surface area (Å²) in [4.78, 5) is 24.6. The molecule has 8 heteroatoms. The summed E-state index contributed by atoms with van der Waals surface area (Å²) < 4.78 is 19.3. The lowest BCUT2D eigenvalue weighted by Crippen LogP contribution is -2.14. The Morgan fingerprint density at radius 2 is 1.93 bits per heavy atom. The highest BCUT2D eigenvalue weighted by Crippen LogP contribution is 2.28. The van der Waals surface area contributed by atoms with Gasteiger partial charge in [-0.15, -0.1) is 11.8 Å². The third-order valence-corrected chi connectivity index (χ3v) is 4.81. The molecule has 1 heterocycles. The first kappa shape index (κ1) is 19.6. The van der Waals surface area contributed by atoms with Crippen LogP contribution in [-0.4, -0.2) is 17.0 Å². The molecule has 1 aromatic heterocycles. The van der Waals surface area contributed by atoms with Crippen molar-refractivity contribution in [2.45, 2.75) is 24.5 Å². The van der Waals surface area contributed by atoms with E-state index in [2.05, 4.69) is 15.8 Å². The van der Waals surface area contributed by atoms with Crippen molar-refractivity contribution in [3.05, 3.63) is 71.4 Å². The highest BCUT2D eigenvalue weighted by atomic mass is 32.2. The summed E-state index contributed by atoms with van der Waals surface area (Å²) in [5, 5.41) is 8.97. The molecule has 28 heavy (non-hydrogen) atoms. The lowest BCUT2D eigenvalue weighted by molar-refractivity contribution is -0.114. The van der Waals surface area contributed by atoms with Crippen molar-refractivity contribution in [3.63, 3.8) is 0 Å². The van der Waals surface area contributed by atoms with Crippen molar-refractivity contribution in [1.29, 1.82) is 0 Å². The number of rotatable bonds is 6. The minimum absolute atomic E-state index is 0.0121. The number of aromatic nitrogens is 1. The first-order valence-corrected chi connectivity index (χ1v) is 9.43. The van der Waals surface area contributed by atoms with Gasteiger partial charge < -0.3 is 15.2 Å². The molecule has 0 aliphatic carbocycles. The van der Waals surface area contributed by atoms with Gasteiger partial charge in [-0.3, -0.25) is 9.59 Å². The van der Waals surface area contributed by atoms with Gasteiger partial charge in [-0.25, -0.2) is 4.39 Å². The summed E-state index contributed by atoms with van der Waals surface area (Å²) in [6.07, 6.45) is 0. The predicted molar refractivity (Wildman–Crippen MR) is 106 cm³/mol. The number of carbonyl (C=O) groups excluding carboxylic acids is 2. The van der Waals surface area contributed by atoms with E-state index in [1.54, 1.807) is 12.1 Å². The van der Waals surface area contributed by atoms with E-state index < -0.39 is 11.7 Å². The Labute approximate surface area is 165 Å². The van der Waals surface area contributed by atoms with E-state index in [0.29, 0.717) is 22.8 Å². The SMILES string of the molecule is CC(=O)Nc1ccc(F)c(NC(=O)c2ccccc2SCc2cc(C)no2)c1. The Morgan fingerprint density at radius 3 is 2.64 bits per heavy atom. The third kappa shape index (κ3) is 4.98. The molecule has 0 unspecified atom stereocenters. The smallest absolute Gasteiger partial charge is 0.256 e. The summed E-state index contributed by atoms with van der Waals surface area (Å²) >= 11 is 1.42. The van der Waals surface area contributed by atoms with Crippen LogP contribution >= 0.6 is 11.8 Å². The standard InChI is InChI=1S/C20H18FN3O3S/c1-12-9-15(27-24-12)11-28-19-6-4-3-5-16(19)20(26)23-18-10-14(22-13(2)25)7-8-17(18)21/h3-10H,11H2,1-2H3,(H,22,25)(H,23,26). The van der Waals surface area contributed by atoms with E-state index in [-0.39, 0.29) is 11.6 Å². The van der Waals surface area contributed by atoms with Crippen LogP contribution in [0.1, 0.15) is 28.7 Å². The summed E-state index contributed by atoms with van der Waals surface area (Å²) in [5.41, 5.74) is 1.58. The van der Waals surface area contributed by atoms with Crippen LogP contribution in [0.5, 0.6) is 0 Å². The fourth-order valence-corrected chi connectivity index (χ4v) is 3.43. The van der Waals surface area contributed by atoms with E-state index in [0.717, 1.165) is 10.6 Å². The molecule has 3 rings (SSSR count). The molecule has 0 bridgehead atoms. The maximum Gasteiger partial charge on any atom is 0.256 e. The molecule has 0 saturated carbocycles. The van der Waals surface area contributed by atoms with Gasteiger partial charge in [-0.1, -0.05) is 17.3 Å². The zero-order chi connectivity index (χ0) is 20.1. The lowest BCUT2D eigenvalue weighted by Gasteiger charge is -2.11. The van der Waals surface area contributed by atoms with Crippen molar-refractivity contribution < 1.29 is 18.5 Å². The van der Waals surface area contributed by atoms with E-state index in [4.69, 9.17) is 4.52 Å². The number of carbonyl (C=O) groups is 2. The molecule has 2 aromatic carbocycles. The first-order chi connectivity index (χ1) is 13.4. The van der Waals surface area contributed by atoms with Gasteiger partial charge in [0.05, 0.1) is 22.7 Å². The van der Waals surface area contributed by atoms with E-state index >= 15 is 0 Å². The number of anilines is 2. The molecule has 2 amide bonds. The van der Waals surface area contributed by atoms with Crippen LogP contribution in [0.3, 0.4) is 0 Å². The van der Waals surface area contributed by atoms with E-state index in [1.807, 2.05) is 25.1 Å². The minimum atomic E-state index is -0.593. The van der Waals surface area contributed by atoms with Gasteiger partial charge in [0.1, 0.15) is 11.6 Å². The number of halogens is 1. The highest BCUT2D eigenvalue weighted by Gasteiger charge is 2.15. The molecule has 0 radical (unpaired) electrons. The first-order valence-electron chi connectivity index (χ1n) is 8.45. The number of thioether (sulfide) groups is 1. The molecular weight excluding hydrogens is 381 g/mol. The van der Waals surface area contributed by atoms with Crippen molar-refractivity contribution in [2.24, 2.45) is 0 Å². The van der Waals surface area contributed by atoms with Gasteiger partial charge in [0.25, 0.3) is 5.91 Å². The Hall–Kier alpha value is -3.13. The molecular formula is C20H18FN3O3S. The number of hydrogen-bond acceptors (Lipinski definition) is 5. The van der Waals surface area contributed by atoms with Crippen LogP contribution in [0.4, 0.5) is 15.8 Å². The van der Waals surface area contributed by atoms with Gasteiger partial charge in [0.15, 0.2) is 0 Å². The van der Waals surface area contributed by atoms with Gasteiger partial charge in [0.2, 0.25) is 5.91 Å². The maximum absolute atomic E-state index is 14.1. The third-order valence-electron chi connectivity index (χ3n) is 3.71. The Balaban J connectivity index is 1.77. The normalized spacial score (nSPS) is 10.5. The number of amides is 2. The summed E-state index contributed by atoms with van der Waals surface area (Å²) in [7, 11) is 0. The fraction of sp³-hybridized carbons (Fsp3) is 0.150. The molecule has 2 N–H and O–H groups in total. The van der Waals surface area contributed by atoms with Crippen LogP contribution in [-0.2, 0) is 10.5 Å². The molecule has 6 nitrogen and oxygen atoms in total. The summed E-state index contributed by atoms with van der Waals surface area (Å²) in [5.74, 6) is -0.113. The van der Waals surface area contributed by atoms with E-state index in [1.165, 1.54) is 36.9 Å². The molecule has 0 fully saturated rings. The van der Waals surface area contributed by atoms with Gasteiger partial charge >= 0.3 is 0 Å². The second-order valence-electron chi connectivity index (χ2n) is 6.05. The molecule has 144 valence electrons. The van der Waals surface area contributed by atoms with Crippen molar-refractivity contribution >= 4 is 35.0 Å². The topological polar surface area (TPSA) is 84.2 Å². The Kier molecular flexibility index (Phi) is 6.10. The lowest BCUT2D eigenvalue weighted by atomic mass is 10.2. The van der Waals surface area contributed by atoms with E-state index in [9.17, 15) is 14.0 Å². The molecule has 0 saturated heterocycles. The molecule has 0 aliphatic rings. The molecule has 0 atom stereocenters. The Morgan fingerprint density at radius 1 is 1.14 bits per heavy atom. The number of benzene rings is 2. The summed E-state index contributed by atoms with van der Waals surface area (Å²) in [6.45, 7) is 3.19. The minimum Gasteiger partial charge on any atom is -0.360 e. The number of hydrogen-bond donors (Lipinski definition) is 2. The number of nitrogens with one attached hydrogen (secondary N) is 2. The number of nitrogens with zero attached hydrogens (tertiary/aromatic N) is 1. The van der Waals surface area contributed by atoms with Crippen LogP contribution in [0.25, 0.3) is 0 Å². The van der Waals surface area contributed by atoms with Gasteiger partial charge in [-0.2, -0.15) is 0 Å². The van der Waals surface area contributed by atoms with Crippen LogP contribution < -0.4 is 10.6 Å². The van der Waals surface area contributed by atoms with Crippen molar-refractivity contribution in [3.8, 4) is 0 Å². The zero-order valence-corrected chi connectivity index (χ0v) is 16.1. The second-order valence-corrected chi connectivity index (χ2v) is 7.07. The fourth-order valence-electron chi connectivity index (χ4n) is 2.51. The predicted octanol–water partition coefficient (Wildman–Crippen LogP) is 4.63. The second kappa shape index (κ2) is 8.71. The number of aryl methyl sites for hydroxylation is 1. The molecule has 0 aliphatic heterocycles. The van der Waals surface area contributed by atoms with Crippen LogP contribution in [0, 0.1) is 12.7 Å². The van der Waals surface area contributed by atoms with Crippen molar-refractivity contribution in [2.75, 3.05) is 10.6 Å². The molecule has 3 aromatic rings. The summed E-state index contributed by atoms with van der Waals surface area (Å²) in [6, 6.07) is 12.9. The largest absolute Gasteiger partial charge is 0.360 e. The van der Waals surface area contributed by atoms with Gasteiger partial charge in [-0.05, 0) is 37.3 Å². The average molecular weight is 399 g/mol. The van der Waals surface area contributed by atoms with Crippen LogP contribution in [0.2, 0.25) is 0 Å². The van der Waals surface area contributed by atoms with Gasteiger partial charge in [0, 0.05) is 23.6 Å².